The maximum atomic E-state index is 12.6. The molecular formula is C23H25NO3S. The summed E-state index contributed by atoms with van der Waals surface area (Å²) in [5.74, 6) is -0.642. The van der Waals surface area contributed by atoms with Gasteiger partial charge in [-0.15, -0.1) is 11.3 Å². The molecule has 0 fully saturated rings. The predicted octanol–water partition coefficient (Wildman–Crippen LogP) is 5.01. The SMILES string of the molecule is CCc1ccc(C(=O)OCC(=O)c2cc(C)n(CCc3cccs3)c2C)cc1. The number of ether oxygens (including phenoxy) is 1. The smallest absolute Gasteiger partial charge is 0.338 e. The monoisotopic (exact) mass is 395 g/mol. The quantitative estimate of drug-likeness (QED) is 0.398. The van der Waals surface area contributed by atoms with Gasteiger partial charge in [0.1, 0.15) is 0 Å². The molecule has 0 atom stereocenters. The summed E-state index contributed by atoms with van der Waals surface area (Å²) in [6.07, 6.45) is 1.85. The molecule has 2 aromatic heterocycles. The number of aromatic nitrogens is 1. The Labute approximate surface area is 169 Å². The van der Waals surface area contributed by atoms with Gasteiger partial charge in [-0.1, -0.05) is 25.1 Å². The first-order chi connectivity index (χ1) is 13.5. The van der Waals surface area contributed by atoms with Crippen molar-refractivity contribution in [2.75, 3.05) is 6.61 Å². The van der Waals surface area contributed by atoms with Crippen LogP contribution in [-0.4, -0.2) is 22.9 Å². The summed E-state index contributed by atoms with van der Waals surface area (Å²) in [6, 6.07) is 13.3. The minimum absolute atomic E-state index is 0.172. The molecule has 0 radical (unpaired) electrons. The molecular weight excluding hydrogens is 370 g/mol. The molecule has 2 heterocycles. The molecule has 3 aromatic rings. The molecule has 0 spiro atoms. The van der Waals surface area contributed by atoms with Crippen molar-refractivity contribution >= 4 is 23.1 Å². The minimum atomic E-state index is -0.470. The Kier molecular flexibility index (Phi) is 6.47. The van der Waals surface area contributed by atoms with Crippen LogP contribution >= 0.6 is 11.3 Å². The Bertz CT molecular complexity index is 953. The lowest BCUT2D eigenvalue weighted by Crippen LogP contribution is -2.15. The first kappa shape index (κ1) is 20.1. The summed E-state index contributed by atoms with van der Waals surface area (Å²) in [6.45, 7) is 6.58. The van der Waals surface area contributed by atoms with Crippen LogP contribution in [0, 0.1) is 13.8 Å². The van der Waals surface area contributed by atoms with Gasteiger partial charge in [-0.3, -0.25) is 4.79 Å². The molecule has 146 valence electrons. The van der Waals surface area contributed by atoms with Gasteiger partial charge in [-0.2, -0.15) is 0 Å². The highest BCUT2D eigenvalue weighted by molar-refractivity contribution is 7.09. The number of rotatable bonds is 8. The van der Waals surface area contributed by atoms with Crippen molar-refractivity contribution in [3.8, 4) is 0 Å². The van der Waals surface area contributed by atoms with Crippen molar-refractivity contribution in [3.63, 3.8) is 0 Å². The molecule has 5 heteroatoms. The highest BCUT2D eigenvalue weighted by atomic mass is 32.1. The third-order valence-corrected chi connectivity index (χ3v) is 5.90. The van der Waals surface area contributed by atoms with Gasteiger partial charge in [0.05, 0.1) is 5.56 Å². The molecule has 3 rings (SSSR count). The van der Waals surface area contributed by atoms with Crippen molar-refractivity contribution in [3.05, 3.63) is 80.8 Å². The zero-order valence-corrected chi connectivity index (χ0v) is 17.3. The molecule has 0 aliphatic heterocycles. The number of ketones is 1. The number of hydrogen-bond donors (Lipinski definition) is 0. The summed E-state index contributed by atoms with van der Waals surface area (Å²) in [7, 11) is 0. The topological polar surface area (TPSA) is 48.3 Å². The van der Waals surface area contributed by atoms with E-state index in [2.05, 4.69) is 29.0 Å². The van der Waals surface area contributed by atoms with E-state index in [9.17, 15) is 9.59 Å². The molecule has 0 N–H and O–H groups in total. The van der Waals surface area contributed by atoms with Crippen molar-refractivity contribution < 1.29 is 14.3 Å². The number of carbonyl (C=O) groups is 2. The fourth-order valence-electron chi connectivity index (χ4n) is 3.27. The van der Waals surface area contributed by atoms with Crippen LogP contribution in [0.5, 0.6) is 0 Å². The predicted molar refractivity (Wildman–Crippen MR) is 112 cm³/mol. The summed E-state index contributed by atoms with van der Waals surface area (Å²) in [4.78, 5) is 26.1. The Morgan fingerprint density at radius 3 is 2.50 bits per heavy atom. The van der Waals surface area contributed by atoms with E-state index in [4.69, 9.17) is 4.74 Å². The number of nitrogens with zero attached hydrogens (tertiary/aromatic N) is 1. The Morgan fingerprint density at radius 1 is 1.11 bits per heavy atom. The van der Waals surface area contributed by atoms with E-state index in [-0.39, 0.29) is 12.4 Å². The molecule has 0 saturated heterocycles. The second-order valence-corrected chi connectivity index (χ2v) is 7.85. The first-order valence-corrected chi connectivity index (χ1v) is 10.4. The lowest BCUT2D eigenvalue weighted by atomic mass is 10.1. The van der Waals surface area contributed by atoms with Gasteiger partial charge in [0.2, 0.25) is 5.78 Å². The molecule has 0 unspecified atom stereocenters. The maximum Gasteiger partial charge on any atom is 0.338 e. The van der Waals surface area contributed by atoms with Crippen LogP contribution in [0.4, 0.5) is 0 Å². The van der Waals surface area contributed by atoms with Crippen LogP contribution in [0.25, 0.3) is 0 Å². The van der Waals surface area contributed by atoms with Gasteiger partial charge < -0.3 is 9.30 Å². The Balaban J connectivity index is 1.62. The van der Waals surface area contributed by atoms with E-state index >= 15 is 0 Å². The second kappa shape index (κ2) is 9.02. The number of Topliss-reactive ketones (excluding diaryl/α,β-unsaturated/α-hetero) is 1. The summed E-state index contributed by atoms with van der Waals surface area (Å²) in [5.41, 5.74) is 4.20. The molecule has 4 nitrogen and oxygen atoms in total. The van der Waals surface area contributed by atoms with E-state index in [0.717, 1.165) is 36.3 Å². The van der Waals surface area contributed by atoms with E-state index in [1.165, 1.54) is 4.88 Å². The van der Waals surface area contributed by atoms with E-state index in [1.54, 1.807) is 23.5 Å². The molecule has 1 aromatic carbocycles. The fraction of sp³-hybridized carbons (Fsp3) is 0.304. The second-order valence-electron chi connectivity index (χ2n) is 6.82. The van der Waals surface area contributed by atoms with Crippen molar-refractivity contribution in [1.29, 1.82) is 0 Å². The average Bonchev–Trinajstić information content (AvgIpc) is 3.32. The van der Waals surface area contributed by atoms with E-state index in [0.29, 0.717) is 11.1 Å². The van der Waals surface area contributed by atoms with Crippen LogP contribution in [0.3, 0.4) is 0 Å². The third-order valence-electron chi connectivity index (χ3n) is 4.97. The largest absolute Gasteiger partial charge is 0.454 e. The van der Waals surface area contributed by atoms with Gasteiger partial charge in [0, 0.05) is 28.4 Å². The highest BCUT2D eigenvalue weighted by Gasteiger charge is 2.18. The standard InChI is InChI=1S/C23H25NO3S/c1-4-18-7-9-19(10-8-18)23(26)27-15-22(25)21-14-16(2)24(17(21)3)12-11-20-6-5-13-28-20/h5-10,13-14H,4,11-12,15H2,1-3H3. The number of benzene rings is 1. The van der Waals surface area contributed by atoms with Crippen LogP contribution in [0.2, 0.25) is 0 Å². The summed E-state index contributed by atoms with van der Waals surface area (Å²) >= 11 is 1.74. The number of esters is 1. The molecule has 0 saturated carbocycles. The van der Waals surface area contributed by atoms with E-state index in [1.807, 2.05) is 32.0 Å². The van der Waals surface area contributed by atoms with Crippen LogP contribution in [0.1, 0.15) is 49.5 Å². The minimum Gasteiger partial charge on any atom is -0.454 e. The summed E-state index contributed by atoms with van der Waals surface area (Å²) < 4.78 is 7.40. The Hall–Kier alpha value is -2.66. The molecule has 28 heavy (non-hydrogen) atoms. The van der Waals surface area contributed by atoms with Crippen molar-refractivity contribution in [2.24, 2.45) is 0 Å². The van der Waals surface area contributed by atoms with Crippen molar-refractivity contribution in [2.45, 2.75) is 40.2 Å². The third kappa shape index (κ3) is 4.60. The van der Waals surface area contributed by atoms with Crippen molar-refractivity contribution in [1.82, 2.24) is 4.57 Å². The Morgan fingerprint density at radius 2 is 1.86 bits per heavy atom. The van der Waals surface area contributed by atoms with Crippen LogP contribution in [0.15, 0.2) is 47.8 Å². The molecule has 0 aliphatic rings. The van der Waals surface area contributed by atoms with Crippen LogP contribution in [-0.2, 0) is 24.1 Å². The lowest BCUT2D eigenvalue weighted by molar-refractivity contribution is 0.0474. The molecule has 0 amide bonds. The average molecular weight is 396 g/mol. The van der Waals surface area contributed by atoms with Crippen LogP contribution < -0.4 is 0 Å². The molecule has 0 bridgehead atoms. The lowest BCUT2D eigenvalue weighted by Gasteiger charge is -2.09. The fourth-order valence-corrected chi connectivity index (χ4v) is 3.97. The molecule has 0 aliphatic carbocycles. The zero-order valence-electron chi connectivity index (χ0n) is 16.5. The first-order valence-electron chi connectivity index (χ1n) is 9.48. The van der Waals surface area contributed by atoms with Gasteiger partial charge in [0.15, 0.2) is 6.61 Å². The van der Waals surface area contributed by atoms with Gasteiger partial charge in [-0.25, -0.2) is 4.79 Å². The normalized spacial score (nSPS) is 10.8. The number of carbonyl (C=O) groups excluding carboxylic acids is 2. The maximum absolute atomic E-state index is 12.6. The van der Waals surface area contributed by atoms with Gasteiger partial charge in [0.25, 0.3) is 0 Å². The number of aryl methyl sites for hydroxylation is 3. The van der Waals surface area contributed by atoms with E-state index < -0.39 is 5.97 Å². The van der Waals surface area contributed by atoms with Gasteiger partial charge in [-0.05, 0) is 61.9 Å². The number of thiophene rings is 1. The zero-order chi connectivity index (χ0) is 20.1. The highest BCUT2D eigenvalue weighted by Crippen LogP contribution is 2.18. The number of hydrogen-bond acceptors (Lipinski definition) is 4. The van der Waals surface area contributed by atoms with Gasteiger partial charge >= 0.3 is 5.97 Å². The summed E-state index contributed by atoms with van der Waals surface area (Å²) in [5, 5.41) is 2.07.